The van der Waals surface area contributed by atoms with Crippen LogP contribution in [-0.2, 0) is 7.05 Å². The van der Waals surface area contributed by atoms with Crippen LogP contribution < -0.4 is 0 Å². The number of hydrogen-bond donors (Lipinski definition) is 0. The second-order valence-electron chi connectivity index (χ2n) is 2.14. The van der Waals surface area contributed by atoms with Crippen molar-refractivity contribution in [2.24, 2.45) is 7.05 Å². The third-order valence-electron chi connectivity index (χ3n) is 1.53. The van der Waals surface area contributed by atoms with Crippen LogP contribution in [0.5, 0.6) is 0 Å². The van der Waals surface area contributed by atoms with Crippen molar-refractivity contribution in [2.45, 2.75) is 6.92 Å². The maximum Gasteiger partial charge on any atom is 0.177 e. The molecule has 0 unspecified atom stereocenters. The maximum absolute atomic E-state index is 8.58. The van der Waals surface area contributed by atoms with E-state index in [1.165, 1.54) is 0 Å². The molecular weight excluding hydrogens is 140 g/mol. The first-order valence-corrected chi connectivity index (χ1v) is 3.04. The lowest BCUT2D eigenvalue weighted by atomic mass is 10.4. The van der Waals surface area contributed by atoms with E-state index < -0.39 is 0 Å². The molecule has 0 aliphatic heterocycles. The Hall–Kier alpha value is -1.81. The van der Waals surface area contributed by atoms with Crippen LogP contribution in [0.2, 0.25) is 0 Å². The molecule has 0 aromatic carbocycles. The summed E-state index contributed by atoms with van der Waals surface area (Å²) < 4.78 is 1.60. The zero-order valence-electron chi connectivity index (χ0n) is 6.29. The minimum atomic E-state index is 0.201. The molecule has 0 N–H and O–H groups in total. The maximum atomic E-state index is 8.58. The number of rotatable bonds is 0. The van der Waals surface area contributed by atoms with E-state index in [-0.39, 0.29) is 5.69 Å². The van der Waals surface area contributed by atoms with Crippen LogP contribution in [-0.4, -0.2) is 9.55 Å². The molecule has 0 bridgehead atoms. The summed E-state index contributed by atoms with van der Waals surface area (Å²) in [6.07, 6.45) is 0. The lowest BCUT2D eigenvalue weighted by Crippen LogP contribution is -1.94. The van der Waals surface area contributed by atoms with Gasteiger partial charge in [0.05, 0.1) is 0 Å². The van der Waals surface area contributed by atoms with Crippen molar-refractivity contribution in [3.8, 4) is 12.1 Å². The van der Waals surface area contributed by atoms with Gasteiger partial charge < -0.3 is 4.57 Å². The van der Waals surface area contributed by atoms with Gasteiger partial charge in [0.2, 0.25) is 0 Å². The average molecular weight is 146 g/mol. The molecule has 1 heterocycles. The van der Waals surface area contributed by atoms with Crippen molar-refractivity contribution >= 4 is 0 Å². The van der Waals surface area contributed by atoms with Crippen molar-refractivity contribution < 1.29 is 0 Å². The largest absolute Gasteiger partial charge is 0.322 e. The van der Waals surface area contributed by atoms with E-state index >= 15 is 0 Å². The molecule has 54 valence electrons. The zero-order valence-corrected chi connectivity index (χ0v) is 6.29. The fraction of sp³-hybridized carbons (Fsp3) is 0.286. The summed E-state index contributed by atoms with van der Waals surface area (Å²) in [5.41, 5.74) is 0.525. The van der Waals surface area contributed by atoms with Gasteiger partial charge in [-0.3, -0.25) is 0 Å². The van der Waals surface area contributed by atoms with Crippen LogP contribution in [0.3, 0.4) is 0 Å². The number of hydrogen-bond acceptors (Lipinski definition) is 3. The SMILES string of the molecule is Cc1nc(C#N)c(C#N)n1C. The van der Waals surface area contributed by atoms with E-state index in [1.807, 2.05) is 12.1 Å². The van der Waals surface area contributed by atoms with Gasteiger partial charge in [-0.25, -0.2) is 4.98 Å². The molecule has 1 aromatic heterocycles. The van der Waals surface area contributed by atoms with Crippen LogP contribution >= 0.6 is 0 Å². The van der Waals surface area contributed by atoms with Gasteiger partial charge in [-0.1, -0.05) is 0 Å². The number of nitriles is 2. The van der Waals surface area contributed by atoms with Gasteiger partial charge in [-0.15, -0.1) is 0 Å². The molecule has 0 radical (unpaired) electrons. The third kappa shape index (κ3) is 0.948. The van der Waals surface area contributed by atoms with Gasteiger partial charge >= 0.3 is 0 Å². The van der Waals surface area contributed by atoms with E-state index in [2.05, 4.69) is 4.98 Å². The zero-order chi connectivity index (χ0) is 8.43. The van der Waals surface area contributed by atoms with Gasteiger partial charge in [-0.05, 0) is 6.92 Å². The molecule has 0 spiro atoms. The fourth-order valence-electron chi connectivity index (χ4n) is 0.816. The van der Waals surface area contributed by atoms with Crippen molar-refractivity contribution in [1.82, 2.24) is 9.55 Å². The standard InChI is InChI=1S/C7H6N4/c1-5-10-6(3-8)7(4-9)11(5)2/h1-2H3. The van der Waals surface area contributed by atoms with Gasteiger partial charge in [0.1, 0.15) is 18.0 Å². The Morgan fingerprint density at radius 1 is 1.36 bits per heavy atom. The van der Waals surface area contributed by atoms with E-state index in [1.54, 1.807) is 18.5 Å². The Kier molecular flexibility index (Phi) is 1.61. The molecule has 4 nitrogen and oxygen atoms in total. The van der Waals surface area contributed by atoms with Gasteiger partial charge in [-0.2, -0.15) is 10.5 Å². The summed E-state index contributed by atoms with van der Waals surface area (Å²) in [5, 5.41) is 17.1. The van der Waals surface area contributed by atoms with E-state index in [9.17, 15) is 0 Å². The minimum Gasteiger partial charge on any atom is -0.322 e. The van der Waals surface area contributed by atoms with Gasteiger partial charge in [0, 0.05) is 7.05 Å². The Labute approximate surface area is 64.3 Å². The van der Waals surface area contributed by atoms with E-state index in [4.69, 9.17) is 10.5 Å². The third-order valence-corrected chi connectivity index (χ3v) is 1.53. The normalized spacial score (nSPS) is 8.73. The van der Waals surface area contributed by atoms with Crippen LogP contribution in [0.4, 0.5) is 0 Å². The highest BCUT2D eigenvalue weighted by molar-refractivity contribution is 5.37. The van der Waals surface area contributed by atoms with Crippen molar-refractivity contribution in [3.63, 3.8) is 0 Å². The molecule has 0 saturated carbocycles. The first-order chi connectivity index (χ1) is 5.20. The van der Waals surface area contributed by atoms with Gasteiger partial charge in [0.25, 0.3) is 0 Å². The van der Waals surface area contributed by atoms with Crippen molar-refractivity contribution in [1.29, 1.82) is 10.5 Å². The topological polar surface area (TPSA) is 65.4 Å². The molecular formula is C7H6N4. The van der Waals surface area contributed by atoms with Crippen LogP contribution in [0.25, 0.3) is 0 Å². The van der Waals surface area contributed by atoms with Crippen LogP contribution in [0, 0.1) is 29.6 Å². The monoisotopic (exact) mass is 146 g/mol. The lowest BCUT2D eigenvalue weighted by molar-refractivity contribution is 0.845. The molecule has 4 heteroatoms. The molecule has 0 aliphatic carbocycles. The first-order valence-electron chi connectivity index (χ1n) is 3.04. The Morgan fingerprint density at radius 3 is 2.36 bits per heavy atom. The Bertz CT molecular complexity index is 361. The molecule has 0 fully saturated rings. The molecule has 0 saturated heterocycles. The molecule has 0 atom stereocenters. The quantitative estimate of drug-likeness (QED) is 0.534. The Balaban J connectivity index is 3.45. The molecule has 0 aliphatic rings. The fourth-order valence-corrected chi connectivity index (χ4v) is 0.816. The number of aryl methyl sites for hydroxylation is 1. The predicted octanol–water partition coefficient (Wildman–Crippen LogP) is 0.472. The van der Waals surface area contributed by atoms with E-state index in [0.29, 0.717) is 11.5 Å². The molecule has 0 amide bonds. The highest BCUT2D eigenvalue weighted by Gasteiger charge is 2.09. The van der Waals surface area contributed by atoms with Crippen LogP contribution in [0.1, 0.15) is 17.2 Å². The predicted molar refractivity (Wildman–Crippen MR) is 37.4 cm³/mol. The molecule has 1 rings (SSSR count). The van der Waals surface area contributed by atoms with Gasteiger partial charge in [0.15, 0.2) is 11.4 Å². The van der Waals surface area contributed by atoms with Crippen molar-refractivity contribution in [3.05, 3.63) is 17.2 Å². The molecule has 11 heavy (non-hydrogen) atoms. The summed E-state index contributed by atoms with van der Waals surface area (Å²) >= 11 is 0. The van der Waals surface area contributed by atoms with Crippen molar-refractivity contribution in [2.75, 3.05) is 0 Å². The first kappa shape index (κ1) is 7.30. The highest BCUT2D eigenvalue weighted by Crippen LogP contribution is 2.06. The smallest absolute Gasteiger partial charge is 0.177 e. The van der Waals surface area contributed by atoms with E-state index in [0.717, 1.165) is 0 Å². The number of nitrogens with zero attached hydrogens (tertiary/aromatic N) is 4. The average Bonchev–Trinajstić information content (AvgIpc) is 2.28. The number of imidazole rings is 1. The summed E-state index contributed by atoms with van der Waals surface area (Å²) in [6.45, 7) is 1.75. The summed E-state index contributed by atoms with van der Waals surface area (Å²) in [5.74, 6) is 0.679. The summed E-state index contributed by atoms with van der Waals surface area (Å²) in [4.78, 5) is 3.88. The Morgan fingerprint density at radius 2 is 2.00 bits per heavy atom. The second-order valence-corrected chi connectivity index (χ2v) is 2.14. The molecule has 1 aromatic rings. The highest BCUT2D eigenvalue weighted by atomic mass is 15.1. The second kappa shape index (κ2) is 2.43. The lowest BCUT2D eigenvalue weighted by Gasteiger charge is -1.91. The number of aromatic nitrogens is 2. The summed E-state index contributed by atoms with van der Waals surface area (Å²) in [6, 6.07) is 3.77. The van der Waals surface area contributed by atoms with Crippen LogP contribution in [0.15, 0.2) is 0 Å². The summed E-state index contributed by atoms with van der Waals surface area (Å²) in [7, 11) is 1.71. The minimum absolute atomic E-state index is 0.201.